The topological polar surface area (TPSA) is 78.7 Å². The highest BCUT2D eigenvalue weighted by molar-refractivity contribution is 5.90. The largest absolute Gasteiger partial charge is 0.497 e. The molecule has 1 atom stereocenters. The molecule has 0 radical (unpaired) electrons. The average Bonchev–Trinajstić information content (AvgIpc) is 2.71. The Bertz CT molecular complexity index is 997. The van der Waals surface area contributed by atoms with Crippen molar-refractivity contribution >= 4 is 16.6 Å². The summed E-state index contributed by atoms with van der Waals surface area (Å²) in [4.78, 5) is 27.3. The van der Waals surface area contributed by atoms with Crippen LogP contribution in [0.3, 0.4) is 0 Å². The maximum Gasteiger partial charge on any atom is 0.294 e. The van der Waals surface area contributed by atoms with Gasteiger partial charge in [0.1, 0.15) is 18.1 Å². The molecule has 6 heteroatoms. The van der Waals surface area contributed by atoms with Crippen LogP contribution in [0.4, 0.5) is 0 Å². The Kier molecular flexibility index (Phi) is 5.89. The molecule has 0 bridgehead atoms. The summed E-state index contributed by atoms with van der Waals surface area (Å²) in [6, 6.07) is 18.9. The van der Waals surface area contributed by atoms with Gasteiger partial charge in [0.05, 0.1) is 7.11 Å². The molecule has 0 heterocycles. The number of nitrogens with zero attached hydrogens (tertiary/aromatic N) is 1. The first kappa shape index (κ1) is 19.4. The average molecular weight is 379 g/mol. The van der Waals surface area contributed by atoms with Gasteiger partial charge in [-0.3, -0.25) is 4.79 Å². The fourth-order valence-corrected chi connectivity index (χ4v) is 3.06. The Morgan fingerprint density at radius 1 is 1.00 bits per heavy atom. The van der Waals surface area contributed by atoms with E-state index in [2.05, 4.69) is 4.84 Å². The molecular weight excluding hydrogens is 358 g/mol. The van der Waals surface area contributed by atoms with Gasteiger partial charge in [0.25, 0.3) is 5.09 Å². The molecule has 0 N–H and O–H groups in total. The summed E-state index contributed by atoms with van der Waals surface area (Å²) in [5, 5.41) is 11.5. The second-order valence-corrected chi connectivity index (χ2v) is 6.65. The molecule has 0 aliphatic carbocycles. The van der Waals surface area contributed by atoms with E-state index in [1.807, 2.05) is 43.3 Å². The Labute approximate surface area is 162 Å². The van der Waals surface area contributed by atoms with Gasteiger partial charge in [-0.25, -0.2) is 0 Å². The minimum atomic E-state index is -0.821. The number of methoxy groups -OCH3 is 1. The van der Waals surface area contributed by atoms with Crippen molar-refractivity contribution < 1.29 is 19.5 Å². The van der Waals surface area contributed by atoms with Crippen LogP contribution in [0.5, 0.6) is 5.75 Å². The molecule has 0 fully saturated rings. The van der Waals surface area contributed by atoms with Crippen LogP contribution < -0.4 is 4.74 Å². The van der Waals surface area contributed by atoms with Crippen LogP contribution in [0.15, 0.2) is 60.7 Å². The maximum absolute atomic E-state index is 12.7. The second kappa shape index (κ2) is 8.52. The predicted octanol–water partition coefficient (Wildman–Crippen LogP) is 4.47. The Hall–Kier alpha value is -3.41. The number of Topliss-reactive ketones (excluding diaryl/α,β-unsaturated/α-hetero) is 1. The summed E-state index contributed by atoms with van der Waals surface area (Å²) in [5.74, 6) is 0.683. The summed E-state index contributed by atoms with van der Waals surface area (Å²) in [6.07, 6.45) is 0.304. The van der Waals surface area contributed by atoms with E-state index >= 15 is 0 Å². The minimum absolute atomic E-state index is 0.0977. The molecular formula is C22H21NO5. The van der Waals surface area contributed by atoms with E-state index in [-0.39, 0.29) is 18.3 Å². The van der Waals surface area contributed by atoms with Crippen molar-refractivity contribution in [2.75, 3.05) is 7.11 Å². The SMILES string of the molecule is COc1ccc2cc(C(C)C(=O)Cc3ccc(CO[N+](=O)[O-])cc3)ccc2c1. The van der Waals surface area contributed by atoms with Crippen LogP contribution >= 0.6 is 0 Å². The van der Waals surface area contributed by atoms with Gasteiger partial charge >= 0.3 is 0 Å². The van der Waals surface area contributed by atoms with Gasteiger partial charge in [0.2, 0.25) is 0 Å². The molecule has 0 aliphatic heterocycles. The molecule has 3 aromatic carbocycles. The quantitative estimate of drug-likeness (QED) is 0.426. The summed E-state index contributed by atoms with van der Waals surface area (Å²) in [5.41, 5.74) is 2.52. The van der Waals surface area contributed by atoms with E-state index < -0.39 is 5.09 Å². The molecule has 0 saturated carbocycles. The zero-order valence-electron chi connectivity index (χ0n) is 15.8. The number of ketones is 1. The lowest BCUT2D eigenvalue weighted by Gasteiger charge is -2.13. The number of hydrogen-bond acceptors (Lipinski definition) is 5. The van der Waals surface area contributed by atoms with Gasteiger partial charge in [-0.1, -0.05) is 55.5 Å². The van der Waals surface area contributed by atoms with E-state index in [1.165, 1.54) is 0 Å². The normalized spacial score (nSPS) is 11.8. The van der Waals surface area contributed by atoms with Crippen molar-refractivity contribution in [3.63, 3.8) is 0 Å². The van der Waals surface area contributed by atoms with E-state index in [0.29, 0.717) is 12.0 Å². The van der Waals surface area contributed by atoms with Gasteiger partial charge in [0, 0.05) is 12.3 Å². The van der Waals surface area contributed by atoms with Crippen molar-refractivity contribution in [2.24, 2.45) is 0 Å². The van der Waals surface area contributed by atoms with Gasteiger partial charge < -0.3 is 9.57 Å². The number of ether oxygens (including phenoxy) is 1. The lowest BCUT2D eigenvalue weighted by molar-refractivity contribution is -0.763. The summed E-state index contributed by atoms with van der Waals surface area (Å²) in [6.45, 7) is 1.81. The van der Waals surface area contributed by atoms with Crippen LogP contribution in [0, 0.1) is 10.1 Å². The van der Waals surface area contributed by atoms with Crippen LogP contribution in [-0.4, -0.2) is 18.0 Å². The summed E-state index contributed by atoms with van der Waals surface area (Å²) >= 11 is 0. The Morgan fingerprint density at radius 2 is 1.64 bits per heavy atom. The lowest BCUT2D eigenvalue weighted by Crippen LogP contribution is -2.12. The van der Waals surface area contributed by atoms with Crippen molar-refractivity contribution in [1.82, 2.24) is 0 Å². The Balaban J connectivity index is 1.68. The van der Waals surface area contributed by atoms with Gasteiger partial charge in [-0.05, 0) is 39.6 Å². The zero-order chi connectivity index (χ0) is 20.1. The fraction of sp³-hybridized carbons (Fsp3) is 0.227. The fourth-order valence-electron chi connectivity index (χ4n) is 3.06. The van der Waals surface area contributed by atoms with Crippen molar-refractivity contribution in [2.45, 2.75) is 25.9 Å². The number of benzene rings is 3. The summed E-state index contributed by atoms with van der Waals surface area (Å²) in [7, 11) is 1.64. The highest BCUT2D eigenvalue weighted by Crippen LogP contribution is 2.26. The predicted molar refractivity (Wildman–Crippen MR) is 106 cm³/mol. The molecule has 3 rings (SSSR count). The third-order valence-electron chi connectivity index (χ3n) is 4.79. The molecule has 144 valence electrons. The van der Waals surface area contributed by atoms with Gasteiger partial charge in [-0.15, -0.1) is 10.1 Å². The third-order valence-corrected chi connectivity index (χ3v) is 4.79. The van der Waals surface area contributed by atoms with E-state index in [1.54, 1.807) is 31.4 Å². The zero-order valence-corrected chi connectivity index (χ0v) is 15.8. The summed E-state index contributed by atoms with van der Waals surface area (Å²) < 4.78 is 5.24. The highest BCUT2D eigenvalue weighted by Gasteiger charge is 2.16. The first-order valence-electron chi connectivity index (χ1n) is 8.92. The molecule has 0 aromatic heterocycles. The van der Waals surface area contributed by atoms with Crippen molar-refractivity contribution in [3.8, 4) is 5.75 Å². The number of hydrogen-bond donors (Lipinski definition) is 0. The van der Waals surface area contributed by atoms with E-state index in [9.17, 15) is 14.9 Å². The van der Waals surface area contributed by atoms with Crippen LogP contribution in [-0.2, 0) is 22.7 Å². The molecule has 0 aliphatic rings. The van der Waals surface area contributed by atoms with E-state index in [0.717, 1.165) is 27.6 Å². The molecule has 28 heavy (non-hydrogen) atoms. The monoisotopic (exact) mass is 379 g/mol. The Morgan fingerprint density at radius 3 is 2.32 bits per heavy atom. The second-order valence-electron chi connectivity index (χ2n) is 6.65. The van der Waals surface area contributed by atoms with Crippen molar-refractivity contribution in [3.05, 3.63) is 87.5 Å². The number of fused-ring (bicyclic) bond motifs is 1. The number of carbonyl (C=O) groups excluding carboxylic acids is 1. The highest BCUT2D eigenvalue weighted by atomic mass is 16.9. The van der Waals surface area contributed by atoms with E-state index in [4.69, 9.17) is 4.74 Å². The first-order valence-corrected chi connectivity index (χ1v) is 8.92. The molecule has 6 nitrogen and oxygen atoms in total. The van der Waals surface area contributed by atoms with Crippen LogP contribution in [0.2, 0.25) is 0 Å². The number of carbonyl (C=O) groups is 1. The maximum atomic E-state index is 12.7. The lowest BCUT2D eigenvalue weighted by atomic mass is 9.91. The third kappa shape index (κ3) is 4.65. The van der Waals surface area contributed by atoms with Crippen LogP contribution in [0.25, 0.3) is 10.8 Å². The first-order chi connectivity index (χ1) is 13.5. The molecule has 1 unspecified atom stereocenters. The smallest absolute Gasteiger partial charge is 0.294 e. The van der Waals surface area contributed by atoms with Gasteiger partial charge in [-0.2, -0.15) is 0 Å². The molecule has 0 saturated heterocycles. The molecule has 0 amide bonds. The molecule has 3 aromatic rings. The standard InChI is InChI=1S/C22H21NO5/c1-15(18-7-8-20-13-21(27-2)10-9-19(20)12-18)22(24)11-16-3-5-17(6-4-16)14-28-23(25)26/h3-10,12-13,15H,11,14H2,1-2H3. The van der Waals surface area contributed by atoms with Crippen LogP contribution in [0.1, 0.15) is 29.5 Å². The molecule has 0 spiro atoms. The number of rotatable bonds is 8. The van der Waals surface area contributed by atoms with Crippen molar-refractivity contribution in [1.29, 1.82) is 0 Å². The minimum Gasteiger partial charge on any atom is -0.497 e. The van der Waals surface area contributed by atoms with Gasteiger partial charge in [0.15, 0.2) is 0 Å².